The van der Waals surface area contributed by atoms with Crippen LogP contribution in [0.2, 0.25) is 0 Å². The van der Waals surface area contributed by atoms with Gasteiger partial charge in [-0.2, -0.15) is 5.10 Å². The molecule has 110 valence electrons. The van der Waals surface area contributed by atoms with Crippen molar-refractivity contribution in [3.05, 3.63) is 18.0 Å². The summed E-state index contributed by atoms with van der Waals surface area (Å²) in [6.45, 7) is 1.73. The molecule has 1 fully saturated rings. The molecule has 0 aliphatic carbocycles. The maximum absolute atomic E-state index is 12.4. The van der Waals surface area contributed by atoms with Crippen molar-refractivity contribution in [2.45, 2.75) is 6.04 Å². The number of hydrogen-bond acceptors (Lipinski definition) is 4. The van der Waals surface area contributed by atoms with Crippen molar-refractivity contribution in [3.8, 4) is 0 Å². The molecule has 0 radical (unpaired) electrons. The average Bonchev–Trinajstić information content (AvgIpc) is 2.84. The Balaban J connectivity index is 2.13. The van der Waals surface area contributed by atoms with E-state index in [0.717, 1.165) is 0 Å². The summed E-state index contributed by atoms with van der Waals surface area (Å²) < 4.78 is 1.56. The molecule has 7 nitrogen and oxygen atoms in total. The zero-order chi connectivity index (χ0) is 14.9. The molecule has 2 heterocycles. The molecule has 1 aromatic rings. The van der Waals surface area contributed by atoms with Gasteiger partial charge in [-0.15, -0.1) is 0 Å². The van der Waals surface area contributed by atoms with Gasteiger partial charge in [-0.05, 0) is 13.1 Å². The number of amides is 2. The van der Waals surface area contributed by atoms with Gasteiger partial charge in [0.1, 0.15) is 11.7 Å². The van der Waals surface area contributed by atoms with Crippen molar-refractivity contribution in [2.75, 3.05) is 40.8 Å². The minimum absolute atomic E-state index is 0.0232. The van der Waals surface area contributed by atoms with Crippen LogP contribution in [-0.4, -0.2) is 83.1 Å². The standard InChI is InChI=1S/C13H21N5O2/c1-15(2)12(19)11-9-18(8-7-16(11)3)13(20)10-5-6-14-17(10)4/h5-6,11H,7-9H2,1-4H3/t11-/m0/s1. The molecule has 1 aliphatic rings. The van der Waals surface area contributed by atoms with Gasteiger partial charge in [-0.1, -0.05) is 0 Å². The first-order valence-electron chi connectivity index (χ1n) is 6.60. The predicted molar refractivity (Wildman–Crippen MR) is 74.2 cm³/mol. The van der Waals surface area contributed by atoms with Crippen LogP contribution in [0.5, 0.6) is 0 Å². The normalized spacial score (nSPS) is 20.0. The van der Waals surface area contributed by atoms with Crippen LogP contribution in [0.1, 0.15) is 10.5 Å². The Hall–Kier alpha value is -1.89. The second-order valence-electron chi connectivity index (χ2n) is 5.32. The number of likely N-dealkylation sites (N-methyl/N-ethyl adjacent to an activating group) is 2. The fourth-order valence-electron chi connectivity index (χ4n) is 2.37. The molecule has 20 heavy (non-hydrogen) atoms. The van der Waals surface area contributed by atoms with Crippen LogP contribution in [0.4, 0.5) is 0 Å². The molecule has 1 aromatic heterocycles. The molecule has 0 bridgehead atoms. The van der Waals surface area contributed by atoms with Crippen LogP contribution in [0.15, 0.2) is 12.3 Å². The highest BCUT2D eigenvalue weighted by molar-refractivity contribution is 5.93. The first-order valence-corrected chi connectivity index (χ1v) is 6.60. The van der Waals surface area contributed by atoms with E-state index >= 15 is 0 Å². The Kier molecular flexibility index (Phi) is 4.08. The Bertz CT molecular complexity index is 511. The zero-order valence-electron chi connectivity index (χ0n) is 12.4. The topological polar surface area (TPSA) is 61.7 Å². The van der Waals surface area contributed by atoms with Crippen molar-refractivity contribution in [1.82, 2.24) is 24.5 Å². The van der Waals surface area contributed by atoms with Crippen molar-refractivity contribution < 1.29 is 9.59 Å². The average molecular weight is 279 g/mol. The van der Waals surface area contributed by atoms with Crippen LogP contribution in [0.3, 0.4) is 0 Å². The molecule has 1 aliphatic heterocycles. The summed E-state index contributed by atoms with van der Waals surface area (Å²) in [6, 6.07) is 1.42. The lowest BCUT2D eigenvalue weighted by atomic mass is 10.1. The van der Waals surface area contributed by atoms with Gasteiger partial charge in [0, 0.05) is 47.0 Å². The molecule has 2 amide bonds. The van der Waals surface area contributed by atoms with Gasteiger partial charge >= 0.3 is 0 Å². The molecular formula is C13H21N5O2. The number of nitrogens with zero attached hydrogens (tertiary/aromatic N) is 5. The Morgan fingerprint density at radius 1 is 1.30 bits per heavy atom. The summed E-state index contributed by atoms with van der Waals surface area (Å²) >= 11 is 0. The van der Waals surface area contributed by atoms with Crippen LogP contribution < -0.4 is 0 Å². The van der Waals surface area contributed by atoms with E-state index in [1.54, 1.807) is 47.9 Å². The maximum Gasteiger partial charge on any atom is 0.272 e. The molecular weight excluding hydrogens is 258 g/mol. The molecule has 0 saturated carbocycles. The second-order valence-corrected chi connectivity index (χ2v) is 5.32. The minimum Gasteiger partial charge on any atom is -0.347 e. The third-order valence-corrected chi connectivity index (χ3v) is 3.70. The van der Waals surface area contributed by atoms with E-state index in [9.17, 15) is 9.59 Å². The third kappa shape index (κ3) is 2.67. The highest BCUT2D eigenvalue weighted by atomic mass is 16.2. The molecule has 0 aromatic carbocycles. The van der Waals surface area contributed by atoms with Gasteiger partial charge < -0.3 is 9.80 Å². The van der Waals surface area contributed by atoms with E-state index < -0.39 is 0 Å². The lowest BCUT2D eigenvalue weighted by Crippen LogP contribution is -2.58. The molecule has 1 saturated heterocycles. The predicted octanol–water partition coefficient (Wildman–Crippen LogP) is -0.735. The second kappa shape index (κ2) is 5.62. The van der Waals surface area contributed by atoms with Crippen LogP contribution in [0.25, 0.3) is 0 Å². The smallest absolute Gasteiger partial charge is 0.272 e. The summed E-state index contributed by atoms with van der Waals surface area (Å²) in [7, 11) is 7.12. The molecule has 0 spiro atoms. The van der Waals surface area contributed by atoms with Crippen LogP contribution >= 0.6 is 0 Å². The first kappa shape index (κ1) is 14.5. The highest BCUT2D eigenvalue weighted by Gasteiger charge is 2.33. The van der Waals surface area contributed by atoms with E-state index in [0.29, 0.717) is 25.3 Å². The summed E-state index contributed by atoms with van der Waals surface area (Å²) in [6.07, 6.45) is 1.60. The Morgan fingerprint density at radius 3 is 2.55 bits per heavy atom. The van der Waals surface area contributed by atoms with E-state index in [-0.39, 0.29) is 17.9 Å². The summed E-state index contributed by atoms with van der Waals surface area (Å²) in [5.74, 6) is -0.0512. The number of carbonyl (C=O) groups excluding carboxylic acids is 2. The number of carbonyl (C=O) groups is 2. The third-order valence-electron chi connectivity index (χ3n) is 3.70. The summed E-state index contributed by atoms with van der Waals surface area (Å²) in [5, 5.41) is 4.01. The summed E-state index contributed by atoms with van der Waals surface area (Å²) in [5.41, 5.74) is 0.547. The van der Waals surface area contributed by atoms with E-state index in [1.807, 2.05) is 11.9 Å². The van der Waals surface area contributed by atoms with E-state index in [1.165, 1.54) is 0 Å². The quantitative estimate of drug-likeness (QED) is 0.716. The van der Waals surface area contributed by atoms with Gasteiger partial charge in [0.15, 0.2) is 0 Å². The lowest BCUT2D eigenvalue weighted by molar-refractivity contribution is -0.135. The van der Waals surface area contributed by atoms with Crippen LogP contribution in [0, 0.1) is 0 Å². The zero-order valence-corrected chi connectivity index (χ0v) is 12.4. The summed E-state index contributed by atoms with van der Waals surface area (Å²) in [4.78, 5) is 29.9. The van der Waals surface area contributed by atoms with Gasteiger partial charge in [-0.3, -0.25) is 19.2 Å². The molecule has 7 heteroatoms. The highest BCUT2D eigenvalue weighted by Crippen LogP contribution is 2.13. The number of aryl methyl sites for hydroxylation is 1. The van der Waals surface area contributed by atoms with E-state index in [2.05, 4.69) is 5.10 Å². The fraction of sp³-hybridized carbons (Fsp3) is 0.615. The fourth-order valence-corrected chi connectivity index (χ4v) is 2.37. The minimum atomic E-state index is -0.282. The van der Waals surface area contributed by atoms with Crippen molar-refractivity contribution in [2.24, 2.45) is 7.05 Å². The Morgan fingerprint density at radius 2 is 2.00 bits per heavy atom. The van der Waals surface area contributed by atoms with Crippen molar-refractivity contribution in [3.63, 3.8) is 0 Å². The molecule has 2 rings (SSSR count). The lowest BCUT2D eigenvalue weighted by Gasteiger charge is -2.39. The number of aromatic nitrogens is 2. The van der Waals surface area contributed by atoms with Crippen LogP contribution in [-0.2, 0) is 11.8 Å². The van der Waals surface area contributed by atoms with E-state index in [4.69, 9.17) is 0 Å². The molecule has 0 unspecified atom stereocenters. The molecule has 0 N–H and O–H groups in total. The van der Waals surface area contributed by atoms with Gasteiger partial charge in [0.25, 0.3) is 5.91 Å². The maximum atomic E-state index is 12.4. The Labute approximate surface area is 118 Å². The largest absolute Gasteiger partial charge is 0.347 e. The first-order chi connectivity index (χ1) is 9.41. The number of piperazine rings is 1. The van der Waals surface area contributed by atoms with Gasteiger partial charge in [0.05, 0.1) is 0 Å². The van der Waals surface area contributed by atoms with Crippen molar-refractivity contribution >= 4 is 11.8 Å². The van der Waals surface area contributed by atoms with Gasteiger partial charge in [-0.25, -0.2) is 0 Å². The van der Waals surface area contributed by atoms with Crippen molar-refractivity contribution in [1.29, 1.82) is 0 Å². The van der Waals surface area contributed by atoms with Gasteiger partial charge in [0.2, 0.25) is 5.91 Å². The number of hydrogen-bond donors (Lipinski definition) is 0. The molecule has 1 atom stereocenters. The monoisotopic (exact) mass is 279 g/mol. The SMILES string of the molecule is CN(C)C(=O)[C@@H]1CN(C(=O)c2ccnn2C)CCN1C. The number of rotatable bonds is 2.